The van der Waals surface area contributed by atoms with Crippen molar-refractivity contribution < 1.29 is 12.9 Å². The van der Waals surface area contributed by atoms with E-state index in [2.05, 4.69) is 28.6 Å². The third-order valence-corrected chi connectivity index (χ3v) is 8.41. The van der Waals surface area contributed by atoms with Crippen LogP contribution in [0.25, 0.3) is 11.0 Å². The Morgan fingerprint density at radius 1 is 1.13 bits per heavy atom. The number of aromatic nitrogens is 4. The number of nitrogens with zero attached hydrogens (tertiary/aromatic N) is 5. The topological polar surface area (TPSA) is 94.1 Å². The number of unbranched alkanes of at least 4 members (excludes halogenated alkanes) is 1. The summed E-state index contributed by atoms with van der Waals surface area (Å²) >= 11 is 1.54. The van der Waals surface area contributed by atoms with Gasteiger partial charge in [-0.2, -0.15) is 9.29 Å². The molecule has 31 heavy (non-hydrogen) atoms. The summed E-state index contributed by atoms with van der Waals surface area (Å²) in [5, 5.41) is 4.89. The maximum atomic E-state index is 13.0. The Kier molecular flexibility index (Phi) is 6.98. The van der Waals surface area contributed by atoms with E-state index < -0.39 is 10.0 Å². The smallest absolute Gasteiger partial charge is 0.243 e. The molecule has 0 saturated carbocycles. The van der Waals surface area contributed by atoms with Gasteiger partial charge < -0.3 is 9.09 Å². The molecule has 0 atom stereocenters. The summed E-state index contributed by atoms with van der Waals surface area (Å²) in [6.07, 6.45) is 5.85. The molecule has 168 valence electrons. The monoisotopic (exact) mass is 463 g/mol. The van der Waals surface area contributed by atoms with Crippen LogP contribution in [-0.2, 0) is 28.7 Å². The highest BCUT2D eigenvalue weighted by Gasteiger charge is 2.26. The van der Waals surface area contributed by atoms with E-state index in [-0.39, 0.29) is 0 Å². The fraction of sp³-hybridized carbons (Fsp3) is 0.571. The number of sulfonamides is 1. The van der Waals surface area contributed by atoms with Gasteiger partial charge in [-0.15, -0.1) is 0 Å². The van der Waals surface area contributed by atoms with Gasteiger partial charge in [-0.3, -0.25) is 0 Å². The molecule has 8 nitrogen and oxygen atoms in total. The predicted molar refractivity (Wildman–Crippen MR) is 120 cm³/mol. The predicted octanol–water partition coefficient (Wildman–Crippen LogP) is 4.25. The van der Waals surface area contributed by atoms with Crippen molar-refractivity contribution in [1.29, 1.82) is 0 Å². The minimum atomic E-state index is -3.48. The quantitative estimate of drug-likeness (QED) is 0.438. The second-order valence-corrected chi connectivity index (χ2v) is 10.6. The van der Waals surface area contributed by atoms with Crippen LogP contribution >= 0.6 is 11.8 Å². The van der Waals surface area contributed by atoms with Crippen molar-refractivity contribution in [3.63, 3.8) is 0 Å². The Morgan fingerprint density at radius 2 is 1.94 bits per heavy atom. The van der Waals surface area contributed by atoms with Crippen LogP contribution in [0, 0.1) is 0 Å². The van der Waals surface area contributed by atoms with Crippen molar-refractivity contribution in [2.45, 2.75) is 74.7 Å². The van der Waals surface area contributed by atoms with Gasteiger partial charge in [0.05, 0.1) is 21.7 Å². The molecule has 0 bridgehead atoms. The van der Waals surface area contributed by atoms with Gasteiger partial charge in [0.15, 0.2) is 11.0 Å². The lowest BCUT2D eigenvalue weighted by Crippen LogP contribution is -2.35. The van der Waals surface area contributed by atoms with Gasteiger partial charge in [0, 0.05) is 26.1 Å². The van der Waals surface area contributed by atoms with Crippen molar-refractivity contribution in [2.75, 3.05) is 13.1 Å². The Balaban J connectivity index is 1.55. The average molecular weight is 464 g/mol. The molecule has 0 N–H and O–H groups in total. The van der Waals surface area contributed by atoms with Crippen molar-refractivity contribution in [3.8, 4) is 0 Å². The third kappa shape index (κ3) is 4.80. The van der Waals surface area contributed by atoms with Gasteiger partial charge >= 0.3 is 0 Å². The van der Waals surface area contributed by atoms with E-state index in [1.165, 1.54) is 11.8 Å². The highest BCUT2D eigenvalue weighted by Crippen LogP contribution is 2.29. The zero-order valence-electron chi connectivity index (χ0n) is 18.1. The SMILES string of the molecule is CCCCc1nc(CSc2nc3cc(S(=O)(=O)N4CCCCC4)ccc3n2CC)no1. The van der Waals surface area contributed by atoms with Crippen molar-refractivity contribution in [3.05, 3.63) is 29.9 Å². The number of piperidine rings is 1. The summed E-state index contributed by atoms with van der Waals surface area (Å²) in [4.78, 5) is 9.50. The zero-order chi connectivity index (χ0) is 21.8. The van der Waals surface area contributed by atoms with Crippen molar-refractivity contribution in [1.82, 2.24) is 24.0 Å². The molecule has 1 aliphatic heterocycles. The van der Waals surface area contributed by atoms with E-state index in [1.54, 1.807) is 16.4 Å². The van der Waals surface area contributed by atoms with E-state index in [0.29, 0.717) is 41.0 Å². The van der Waals surface area contributed by atoms with Gasteiger partial charge in [0.25, 0.3) is 0 Å². The van der Waals surface area contributed by atoms with E-state index in [4.69, 9.17) is 9.51 Å². The lowest BCUT2D eigenvalue weighted by atomic mass is 10.2. The van der Waals surface area contributed by atoms with Crippen molar-refractivity contribution in [2.24, 2.45) is 0 Å². The summed E-state index contributed by atoms with van der Waals surface area (Å²) in [7, 11) is -3.48. The summed E-state index contributed by atoms with van der Waals surface area (Å²) in [6, 6.07) is 5.27. The molecule has 2 aromatic heterocycles. The maximum Gasteiger partial charge on any atom is 0.243 e. The first-order chi connectivity index (χ1) is 15.0. The number of fused-ring (bicyclic) bond motifs is 1. The van der Waals surface area contributed by atoms with E-state index in [9.17, 15) is 8.42 Å². The lowest BCUT2D eigenvalue weighted by Gasteiger charge is -2.25. The molecule has 0 unspecified atom stereocenters. The van der Waals surface area contributed by atoms with Crippen LogP contribution in [0.3, 0.4) is 0 Å². The number of imidazole rings is 1. The zero-order valence-corrected chi connectivity index (χ0v) is 19.7. The normalized spacial score (nSPS) is 15.7. The first-order valence-electron chi connectivity index (χ1n) is 11.0. The first-order valence-corrected chi connectivity index (χ1v) is 13.4. The number of thioether (sulfide) groups is 1. The summed E-state index contributed by atoms with van der Waals surface area (Å²) < 4.78 is 35.1. The molecule has 0 amide bonds. The van der Waals surface area contributed by atoms with Gasteiger partial charge in [0.2, 0.25) is 15.9 Å². The van der Waals surface area contributed by atoms with Gasteiger partial charge in [-0.1, -0.05) is 36.7 Å². The summed E-state index contributed by atoms with van der Waals surface area (Å²) in [5.74, 6) is 1.88. The molecular formula is C21H29N5O3S2. The Bertz CT molecular complexity index is 1130. The van der Waals surface area contributed by atoms with E-state index in [1.807, 2.05) is 6.07 Å². The van der Waals surface area contributed by atoms with Gasteiger partial charge in [0.1, 0.15) is 0 Å². The van der Waals surface area contributed by atoms with Crippen LogP contribution in [0.5, 0.6) is 0 Å². The van der Waals surface area contributed by atoms with Crippen LogP contribution < -0.4 is 0 Å². The second kappa shape index (κ2) is 9.70. The highest BCUT2D eigenvalue weighted by molar-refractivity contribution is 7.98. The van der Waals surface area contributed by atoms with E-state index >= 15 is 0 Å². The van der Waals surface area contributed by atoms with Crippen LogP contribution in [0.2, 0.25) is 0 Å². The molecule has 3 aromatic rings. The minimum absolute atomic E-state index is 0.318. The summed E-state index contributed by atoms with van der Waals surface area (Å²) in [6.45, 7) is 6.11. The highest BCUT2D eigenvalue weighted by atomic mass is 32.2. The lowest BCUT2D eigenvalue weighted by molar-refractivity contribution is 0.346. The molecule has 0 spiro atoms. The molecular weight excluding hydrogens is 434 g/mol. The van der Waals surface area contributed by atoms with Gasteiger partial charge in [-0.05, 0) is 44.4 Å². The van der Waals surface area contributed by atoms with Crippen LogP contribution in [0.15, 0.2) is 32.8 Å². The molecule has 1 saturated heterocycles. The molecule has 10 heteroatoms. The van der Waals surface area contributed by atoms with Crippen molar-refractivity contribution >= 4 is 32.8 Å². The average Bonchev–Trinajstić information content (AvgIpc) is 3.39. The maximum absolute atomic E-state index is 13.0. The summed E-state index contributed by atoms with van der Waals surface area (Å²) in [5.41, 5.74) is 1.62. The van der Waals surface area contributed by atoms with Crippen LogP contribution in [-0.4, -0.2) is 45.5 Å². The fourth-order valence-corrected chi connectivity index (χ4v) is 6.28. The van der Waals surface area contributed by atoms with Crippen LogP contribution in [0.4, 0.5) is 0 Å². The number of hydrogen-bond acceptors (Lipinski definition) is 7. The molecule has 0 radical (unpaired) electrons. The standard InChI is InChI=1S/C21H29N5O3S2/c1-3-5-9-20-23-19(24-29-20)15-30-21-22-17-14-16(10-11-18(17)26(21)4-2)31(27,28)25-12-7-6-8-13-25/h10-11,14H,3-9,12-13,15H2,1-2H3. The first kappa shape index (κ1) is 22.3. The Morgan fingerprint density at radius 3 is 2.68 bits per heavy atom. The molecule has 1 aromatic carbocycles. The van der Waals surface area contributed by atoms with Gasteiger partial charge in [-0.25, -0.2) is 13.4 Å². The molecule has 1 aliphatic rings. The fourth-order valence-electron chi connectivity index (χ4n) is 3.83. The number of benzene rings is 1. The number of hydrogen-bond donors (Lipinski definition) is 0. The Hall–Kier alpha value is -1.91. The molecule has 1 fully saturated rings. The second-order valence-electron chi connectivity index (χ2n) is 7.75. The molecule has 4 rings (SSSR count). The molecule has 3 heterocycles. The Labute approximate surface area is 187 Å². The number of rotatable bonds is 9. The molecule has 0 aliphatic carbocycles. The van der Waals surface area contributed by atoms with Crippen LogP contribution in [0.1, 0.15) is 57.7 Å². The third-order valence-electron chi connectivity index (χ3n) is 5.54. The number of aryl methyl sites for hydroxylation is 2. The van der Waals surface area contributed by atoms with E-state index in [0.717, 1.165) is 55.7 Å². The largest absolute Gasteiger partial charge is 0.339 e. The minimum Gasteiger partial charge on any atom is -0.339 e.